The van der Waals surface area contributed by atoms with Crippen molar-refractivity contribution in [2.24, 2.45) is 5.92 Å². The molecule has 0 aromatic heterocycles. The fourth-order valence-corrected chi connectivity index (χ4v) is 3.28. The lowest BCUT2D eigenvalue weighted by molar-refractivity contribution is -0.122. The number of ketones is 1. The predicted octanol–water partition coefficient (Wildman–Crippen LogP) is 5.74. The highest BCUT2D eigenvalue weighted by atomic mass is 35.5. The Morgan fingerprint density at radius 1 is 1.23 bits per heavy atom. The molecular weight excluding hydrogens is 429 g/mol. The van der Waals surface area contributed by atoms with E-state index in [2.05, 4.69) is 10.6 Å². The van der Waals surface area contributed by atoms with E-state index in [0.717, 1.165) is 23.4 Å². The maximum absolute atomic E-state index is 13.5. The number of carbonyl (C=O) groups excluding carboxylic acids is 1. The summed E-state index contributed by atoms with van der Waals surface area (Å²) in [6.45, 7) is 5.53. The molecule has 0 bridgehead atoms. The Kier molecular flexibility index (Phi) is 8.80. The van der Waals surface area contributed by atoms with Crippen LogP contribution in [0.3, 0.4) is 0 Å². The maximum atomic E-state index is 13.5. The van der Waals surface area contributed by atoms with Gasteiger partial charge in [0.25, 0.3) is 0 Å². The molecule has 0 radical (unpaired) electrons. The number of halogens is 4. The van der Waals surface area contributed by atoms with Gasteiger partial charge in [-0.15, -0.1) is 0 Å². The average molecular weight is 455 g/mol. The highest BCUT2D eigenvalue weighted by Crippen LogP contribution is 2.24. The van der Waals surface area contributed by atoms with Crippen LogP contribution in [-0.2, 0) is 16.0 Å². The average Bonchev–Trinajstić information content (AvgIpc) is 2.73. The highest BCUT2D eigenvalue weighted by Gasteiger charge is 2.23. The summed E-state index contributed by atoms with van der Waals surface area (Å²) in [6, 6.07) is 7.33. The van der Waals surface area contributed by atoms with Crippen molar-refractivity contribution >= 4 is 23.1 Å². The summed E-state index contributed by atoms with van der Waals surface area (Å²) in [5.41, 5.74) is 1.94. The molecule has 0 saturated heterocycles. The Labute approximate surface area is 185 Å². The Hall–Kier alpha value is -2.67. The van der Waals surface area contributed by atoms with E-state index in [1.807, 2.05) is 26.0 Å². The van der Waals surface area contributed by atoms with Crippen molar-refractivity contribution in [3.63, 3.8) is 0 Å². The second-order valence-corrected chi connectivity index (χ2v) is 7.61. The van der Waals surface area contributed by atoms with E-state index >= 15 is 0 Å². The SMILES string of the molecule is CCC(Cc1cc(F)c(F)c(F)c1)C(=O)/C(=C\NC(C)Nc1cccc(Cl)c1C)OC. The largest absolute Gasteiger partial charge is 0.492 e. The number of hydrogen-bond acceptors (Lipinski definition) is 4. The first-order chi connectivity index (χ1) is 14.7. The number of nitrogens with one attached hydrogen (secondary N) is 2. The summed E-state index contributed by atoms with van der Waals surface area (Å²) in [5, 5.41) is 6.93. The first-order valence-electron chi connectivity index (χ1n) is 9.87. The number of rotatable bonds is 10. The summed E-state index contributed by atoms with van der Waals surface area (Å²) in [7, 11) is 1.37. The second-order valence-electron chi connectivity index (χ2n) is 7.20. The minimum atomic E-state index is -1.53. The molecule has 0 spiro atoms. The third-order valence-electron chi connectivity index (χ3n) is 4.96. The van der Waals surface area contributed by atoms with Crippen LogP contribution >= 0.6 is 11.6 Å². The first-order valence-corrected chi connectivity index (χ1v) is 10.2. The van der Waals surface area contributed by atoms with Crippen LogP contribution in [0.15, 0.2) is 42.3 Å². The molecule has 0 aliphatic heterocycles. The monoisotopic (exact) mass is 454 g/mol. The van der Waals surface area contributed by atoms with Gasteiger partial charge in [-0.3, -0.25) is 4.79 Å². The number of benzene rings is 2. The number of allylic oxidation sites excluding steroid dienone is 1. The van der Waals surface area contributed by atoms with E-state index in [0.29, 0.717) is 11.4 Å². The number of carbonyl (C=O) groups is 1. The second kappa shape index (κ2) is 11.1. The normalized spacial score (nSPS) is 13.5. The molecule has 2 atom stereocenters. The number of hydrogen-bond donors (Lipinski definition) is 2. The van der Waals surface area contributed by atoms with Crippen LogP contribution in [0.4, 0.5) is 18.9 Å². The molecule has 0 fully saturated rings. The van der Waals surface area contributed by atoms with E-state index in [-0.39, 0.29) is 29.7 Å². The van der Waals surface area contributed by atoms with E-state index in [4.69, 9.17) is 16.3 Å². The van der Waals surface area contributed by atoms with Gasteiger partial charge in [0.2, 0.25) is 5.78 Å². The van der Waals surface area contributed by atoms with Crippen molar-refractivity contribution in [3.8, 4) is 0 Å². The van der Waals surface area contributed by atoms with Gasteiger partial charge in [0.1, 0.15) is 0 Å². The first kappa shape index (κ1) is 24.6. The minimum absolute atomic E-state index is 0.0552. The van der Waals surface area contributed by atoms with E-state index in [1.165, 1.54) is 13.3 Å². The number of anilines is 1. The molecule has 31 heavy (non-hydrogen) atoms. The molecule has 0 aliphatic carbocycles. The van der Waals surface area contributed by atoms with Gasteiger partial charge in [0, 0.05) is 22.8 Å². The number of Topliss-reactive ketones (excluding diaryl/α,β-unsaturated/α-hetero) is 1. The zero-order chi connectivity index (χ0) is 23.1. The fraction of sp³-hybridized carbons (Fsp3) is 0.348. The van der Waals surface area contributed by atoms with Gasteiger partial charge >= 0.3 is 0 Å². The lowest BCUT2D eigenvalue weighted by Crippen LogP contribution is -2.31. The Bertz CT molecular complexity index is 943. The zero-order valence-electron chi connectivity index (χ0n) is 17.9. The molecule has 2 unspecified atom stereocenters. The predicted molar refractivity (Wildman–Crippen MR) is 116 cm³/mol. The van der Waals surface area contributed by atoms with Crippen LogP contribution < -0.4 is 10.6 Å². The Morgan fingerprint density at radius 2 is 1.87 bits per heavy atom. The zero-order valence-corrected chi connectivity index (χ0v) is 18.6. The Morgan fingerprint density at radius 3 is 2.45 bits per heavy atom. The summed E-state index contributed by atoms with van der Waals surface area (Å²) in [6.07, 6.45) is 1.67. The molecular formula is C23H26ClF3N2O2. The van der Waals surface area contributed by atoms with Gasteiger partial charge in [-0.25, -0.2) is 13.2 Å². The maximum Gasteiger partial charge on any atom is 0.202 e. The molecule has 8 heteroatoms. The summed E-state index contributed by atoms with van der Waals surface area (Å²) in [5.74, 6) is -4.92. The van der Waals surface area contributed by atoms with Crippen molar-refractivity contribution in [1.82, 2.24) is 5.32 Å². The lowest BCUT2D eigenvalue weighted by atomic mass is 9.92. The van der Waals surface area contributed by atoms with Crippen LogP contribution in [0, 0.1) is 30.3 Å². The van der Waals surface area contributed by atoms with Crippen LogP contribution in [0.2, 0.25) is 5.02 Å². The molecule has 2 N–H and O–H groups in total. The molecule has 168 valence electrons. The third kappa shape index (κ3) is 6.40. The summed E-state index contributed by atoms with van der Waals surface area (Å²) >= 11 is 6.13. The van der Waals surface area contributed by atoms with Crippen LogP contribution in [0.1, 0.15) is 31.4 Å². The topological polar surface area (TPSA) is 50.4 Å². The van der Waals surface area contributed by atoms with Gasteiger partial charge in [0.05, 0.1) is 13.3 Å². The number of ether oxygens (including phenoxy) is 1. The van der Waals surface area contributed by atoms with E-state index in [1.54, 1.807) is 13.0 Å². The minimum Gasteiger partial charge on any atom is -0.492 e. The standard InChI is InChI=1S/C23H26ClF3N2O2/c1-5-16(9-15-10-18(25)22(27)19(26)11-15)23(30)21(31-4)12-28-14(3)29-20-8-6-7-17(24)13(20)2/h6-8,10-12,14,16,28-29H,5,9H2,1-4H3/b21-12+. The van der Waals surface area contributed by atoms with Gasteiger partial charge in [-0.1, -0.05) is 24.6 Å². The van der Waals surface area contributed by atoms with Crippen molar-refractivity contribution in [2.75, 3.05) is 12.4 Å². The molecule has 0 amide bonds. The highest BCUT2D eigenvalue weighted by molar-refractivity contribution is 6.31. The fourth-order valence-electron chi connectivity index (χ4n) is 3.10. The summed E-state index contributed by atoms with van der Waals surface area (Å²) < 4.78 is 45.4. The molecule has 0 heterocycles. The lowest BCUT2D eigenvalue weighted by Gasteiger charge is -2.20. The smallest absolute Gasteiger partial charge is 0.202 e. The van der Waals surface area contributed by atoms with Crippen LogP contribution in [0.25, 0.3) is 0 Å². The molecule has 0 aliphatic rings. The Balaban J connectivity index is 2.09. The van der Waals surface area contributed by atoms with E-state index in [9.17, 15) is 18.0 Å². The molecule has 2 rings (SSSR count). The third-order valence-corrected chi connectivity index (χ3v) is 5.37. The van der Waals surface area contributed by atoms with Crippen molar-refractivity contribution in [3.05, 3.63) is 75.9 Å². The molecule has 0 saturated carbocycles. The van der Waals surface area contributed by atoms with E-state index < -0.39 is 23.4 Å². The van der Waals surface area contributed by atoms with Crippen molar-refractivity contribution < 1.29 is 22.7 Å². The number of methoxy groups -OCH3 is 1. The molecule has 4 nitrogen and oxygen atoms in total. The van der Waals surface area contributed by atoms with Gasteiger partial charge < -0.3 is 15.4 Å². The van der Waals surface area contributed by atoms with Crippen LogP contribution in [0.5, 0.6) is 0 Å². The summed E-state index contributed by atoms with van der Waals surface area (Å²) in [4.78, 5) is 12.9. The quantitative estimate of drug-likeness (QED) is 0.208. The van der Waals surface area contributed by atoms with Crippen molar-refractivity contribution in [1.29, 1.82) is 0 Å². The van der Waals surface area contributed by atoms with Crippen molar-refractivity contribution in [2.45, 2.75) is 39.8 Å². The van der Waals surface area contributed by atoms with Gasteiger partial charge in [-0.05, 0) is 62.1 Å². The van der Waals surface area contributed by atoms with Crippen LogP contribution in [-0.4, -0.2) is 19.1 Å². The molecule has 2 aromatic carbocycles. The van der Waals surface area contributed by atoms with Gasteiger partial charge in [-0.2, -0.15) is 0 Å². The molecule has 2 aromatic rings. The van der Waals surface area contributed by atoms with Gasteiger partial charge in [0.15, 0.2) is 23.2 Å².